The predicted octanol–water partition coefficient (Wildman–Crippen LogP) is 2.34. The molecule has 0 bridgehead atoms. The van der Waals surface area contributed by atoms with Crippen LogP contribution in [-0.4, -0.2) is 61.3 Å². The zero-order valence-electron chi connectivity index (χ0n) is 12.1. The van der Waals surface area contributed by atoms with E-state index in [-0.39, 0.29) is 6.04 Å². The van der Waals surface area contributed by atoms with Crippen LogP contribution in [0.4, 0.5) is 0 Å². The minimum Gasteiger partial charge on any atom is -0.302 e. The summed E-state index contributed by atoms with van der Waals surface area (Å²) in [5.74, 6) is 1.98. The molecule has 118 valence electrons. The van der Waals surface area contributed by atoms with Crippen molar-refractivity contribution in [3.63, 3.8) is 0 Å². The third-order valence-corrected chi connectivity index (χ3v) is 8.63. The number of rotatable bonds is 4. The number of sulfonamides is 1. The van der Waals surface area contributed by atoms with E-state index in [0.29, 0.717) is 10.8 Å². The second-order valence-corrected chi connectivity index (χ2v) is 9.85. The second-order valence-electron chi connectivity index (χ2n) is 5.64. The molecule has 1 aromatic heterocycles. The van der Waals surface area contributed by atoms with Crippen molar-refractivity contribution in [1.82, 2.24) is 9.21 Å². The largest absolute Gasteiger partial charge is 0.302 e. The highest BCUT2D eigenvalue weighted by Gasteiger charge is 2.34. The molecule has 1 aromatic rings. The Bertz CT molecular complexity index is 539. The standard InChI is InChI=1S/C14H22N2O2S3/c17-21(18,14-5-3-10-20-14)16-8-4-9-19-12-13(16)11-15-6-1-2-7-15/h3,5,10,13H,1-2,4,6-9,11-12H2/t13-/m1/s1. The maximum absolute atomic E-state index is 12.9. The molecule has 0 radical (unpaired) electrons. The molecule has 0 N–H and O–H groups in total. The van der Waals surface area contributed by atoms with Gasteiger partial charge in [-0.3, -0.25) is 0 Å². The van der Waals surface area contributed by atoms with E-state index in [1.807, 2.05) is 23.2 Å². The Labute approximate surface area is 135 Å². The smallest absolute Gasteiger partial charge is 0.252 e. The average Bonchev–Trinajstić information content (AvgIpc) is 3.10. The third kappa shape index (κ3) is 3.64. The van der Waals surface area contributed by atoms with Crippen molar-refractivity contribution >= 4 is 33.1 Å². The number of thiophene rings is 1. The SMILES string of the molecule is O=S(=O)(c1cccs1)N1CCCSC[C@H]1CN1CCCC1. The van der Waals surface area contributed by atoms with Gasteiger partial charge in [-0.2, -0.15) is 16.1 Å². The molecule has 7 heteroatoms. The van der Waals surface area contributed by atoms with Gasteiger partial charge in [-0.1, -0.05) is 6.07 Å². The van der Waals surface area contributed by atoms with Crippen LogP contribution < -0.4 is 0 Å². The first-order valence-corrected chi connectivity index (χ1v) is 11.0. The lowest BCUT2D eigenvalue weighted by Gasteiger charge is -2.31. The Morgan fingerprint density at radius 1 is 1.19 bits per heavy atom. The fourth-order valence-electron chi connectivity index (χ4n) is 3.06. The van der Waals surface area contributed by atoms with Crippen LogP contribution in [0, 0.1) is 0 Å². The molecule has 0 amide bonds. The molecule has 3 heterocycles. The first-order valence-electron chi connectivity index (χ1n) is 7.53. The van der Waals surface area contributed by atoms with E-state index in [1.165, 1.54) is 24.2 Å². The molecule has 4 nitrogen and oxygen atoms in total. The second kappa shape index (κ2) is 7.00. The summed E-state index contributed by atoms with van der Waals surface area (Å²) in [7, 11) is -3.32. The Morgan fingerprint density at radius 3 is 2.71 bits per heavy atom. The predicted molar refractivity (Wildman–Crippen MR) is 89.6 cm³/mol. The van der Waals surface area contributed by atoms with Crippen molar-refractivity contribution in [2.75, 3.05) is 37.7 Å². The molecule has 0 aliphatic carbocycles. The van der Waals surface area contributed by atoms with Gasteiger partial charge in [0.15, 0.2) is 0 Å². The maximum Gasteiger partial charge on any atom is 0.252 e. The van der Waals surface area contributed by atoms with Crippen LogP contribution in [0.3, 0.4) is 0 Å². The summed E-state index contributed by atoms with van der Waals surface area (Å²) in [5, 5.41) is 1.84. The molecular formula is C14H22N2O2S3. The van der Waals surface area contributed by atoms with E-state index in [4.69, 9.17) is 0 Å². The van der Waals surface area contributed by atoms with Crippen LogP contribution in [-0.2, 0) is 10.0 Å². The normalized spacial score (nSPS) is 26.0. The maximum atomic E-state index is 12.9. The van der Waals surface area contributed by atoms with Crippen molar-refractivity contribution in [2.24, 2.45) is 0 Å². The van der Waals surface area contributed by atoms with E-state index in [9.17, 15) is 8.42 Å². The van der Waals surface area contributed by atoms with Crippen LogP contribution in [0.15, 0.2) is 21.7 Å². The molecule has 0 spiro atoms. The fourth-order valence-corrected chi connectivity index (χ4v) is 6.98. The molecule has 2 aliphatic heterocycles. The number of hydrogen-bond acceptors (Lipinski definition) is 5. The molecule has 0 unspecified atom stereocenters. The molecule has 1 atom stereocenters. The lowest BCUT2D eigenvalue weighted by atomic mass is 10.3. The quantitative estimate of drug-likeness (QED) is 0.839. The Kier molecular flexibility index (Phi) is 5.27. The van der Waals surface area contributed by atoms with E-state index in [1.54, 1.807) is 10.4 Å². The summed E-state index contributed by atoms with van der Waals surface area (Å²) in [6, 6.07) is 3.66. The lowest BCUT2D eigenvalue weighted by Crippen LogP contribution is -2.47. The zero-order chi connectivity index (χ0) is 14.7. The molecule has 2 aliphatic rings. The van der Waals surface area contributed by atoms with Crippen molar-refractivity contribution < 1.29 is 8.42 Å². The van der Waals surface area contributed by atoms with Gasteiger partial charge in [0.25, 0.3) is 10.0 Å². The highest BCUT2D eigenvalue weighted by molar-refractivity contribution is 7.99. The van der Waals surface area contributed by atoms with Crippen LogP contribution in [0.5, 0.6) is 0 Å². The summed E-state index contributed by atoms with van der Waals surface area (Å²) in [4.78, 5) is 2.42. The van der Waals surface area contributed by atoms with Crippen molar-refractivity contribution in [3.05, 3.63) is 17.5 Å². The van der Waals surface area contributed by atoms with Gasteiger partial charge in [0.1, 0.15) is 4.21 Å². The number of thioether (sulfide) groups is 1. The molecule has 2 fully saturated rings. The van der Waals surface area contributed by atoms with Gasteiger partial charge >= 0.3 is 0 Å². The van der Waals surface area contributed by atoms with E-state index < -0.39 is 10.0 Å². The van der Waals surface area contributed by atoms with Crippen molar-refractivity contribution in [2.45, 2.75) is 29.5 Å². The first-order chi connectivity index (χ1) is 10.2. The summed E-state index contributed by atoms with van der Waals surface area (Å²) in [6.45, 7) is 3.78. The van der Waals surface area contributed by atoms with Crippen molar-refractivity contribution in [1.29, 1.82) is 0 Å². The Balaban J connectivity index is 1.81. The minimum absolute atomic E-state index is 0.114. The highest BCUT2D eigenvalue weighted by atomic mass is 32.2. The summed E-state index contributed by atoms with van der Waals surface area (Å²) in [6.07, 6.45) is 3.45. The third-order valence-electron chi connectivity index (χ3n) is 4.11. The van der Waals surface area contributed by atoms with Gasteiger partial charge in [0.05, 0.1) is 0 Å². The minimum atomic E-state index is -3.32. The summed E-state index contributed by atoms with van der Waals surface area (Å²) >= 11 is 3.22. The molecule has 0 aromatic carbocycles. The molecule has 21 heavy (non-hydrogen) atoms. The highest BCUT2D eigenvalue weighted by Crippen LogP contribution is 2.27. The molecular weight excluding hydrogens is 324 g/mol. The Hall–Kier alpha value is -0.0800. The van der Waals surface area contributed by atoms with E-state index in [0.717, 1.165) is 37.6 Å². The topological polar surface area (TPSA) is 40.6 Å². The van der Waals surface area contributed by atoms with Gasteiger partial charge < -0.3 is 4.90 Å². The number of hydrogen-bond donors (Lipinski definition) is 0. The van der Waals surface area contributed by atoms with Crippen LogP contribution >= 0.6 is 23.1 Å². The summed E-state index contributed by atoms with van der Waals surface area (Å²) in [5.41, 5.74) is 0. The van der Waals surface area contributed by atoms with Gasteiger partial charge in [-0.25, -0.2) is 8.42 Å². The van der Waals surface area contributed by atoms with Gasteiger partial charge in [0, 0.05) is 24.9 Å². The van der Waals surface area contributed by atoms with Gasteiger partial charge in [-0.15, -0.1) is 11.3 Å². The van der Waals surface area contributed by atoms with Crippen LogP contribution in [0.1, 0.15) is 19.3 Å². The fraction of sp³-hybridized carbons (Fsp3) is 0.714. The Morgan fingerprint density at radius 2 is 2.00 bits per heavy atom. The van der Waals surface area contributed by atoms with Crippen LogP contribution in [0.25, 0.3) is 0 Å². The molecule has 3 rings (SSSR count). The monoisotopic (exact) mass is 346 g/mol. The number of likely N-dealkylation sites (tertiary alicyclic amines) is 1. The van der Waals surface area contributed by atoms with E-state index >= 15 is 0 Å². The van der Waals surface area contributed by atoms with E-state index in [2.05, 4.69) is 4.90 Å². The van der Waals surface area contributed by atoms with Crippen LogP contribution in [0.2, 0.25) is 0 Å². The lowest BCUT2D eigenvalue weighted by molar-refractivity contribution is 0.243. The molecule has 0 saturated carbocycles. The average molecular weight is 347 g/mol. The summed E-state index contributed by atoms with van der Waals surface area (Å²) < 4.78 is 28.0. The molecule has 2 saturated heterocycles. The van der Waals surface area contributed by atoms with Gasteiger partial charge in [-0.05, 0) is 49.6 Å². The van der Waals surface area contributed by atoms with Crippen molar-refractivity contribution in [3.8, 4) is 0 Å². The van der Waals surface area contributed by atoms with Gasteiger partial charge in [0.2, 0.25) is 0 Å². The first kappa shape index (κ1) is 15.8. The number of nitrogens with zero attached hydrogens (tertiary/aromatic N) is 2. The zero-order valence-corrected chi connectivity index (χ0v) is 14.6.